The predicted octanol–water partition coefficient (Wildman–Crippen LogP) is 4.36. The molecule has 0 nitrogen and oxygen atoms in total. The highest BCUT2D eigenvalue weighted by Crippen LogP contribution is 2.15. The molecule has 0 unspecified atom stereocenters. The lowest BCUT2D eigenvalue weighted by Crippen LogP contribution is -1.85. The van der Waals surface area contributed by atoms with E-state index in [0.717, 1.165) is 0 Å². The predicted molar refractivity (Wildman–Crippen MR) is 57.9 cm³/mol. The first kappa shape index (κ1) is 50.1. The molecule has 67 valence electrons. The van der Waals surface area contributed by atoms with Crippen LogP contribution in [0.4, 0.5) is 0 Å². The molecule has 0 aliphatic heterocycles. The SMILES string of the molecule is C.C.C.C.C.C1CCC1.[B]. The summed E-state index contributed by atoms with van der Waals surface area (Å²) in [6, 6.07) is 0. The molecular weight excluding hydrogens is 119 g/mol. The number of hydrogen-bond acceptors (Lipinski definition) is 0. The zero-order valence-electron chi connectivity index (χ0n) is 3.41. The lowest BCUT2D eigenvalue weighted by Gasteiger charge is -2.05. The van der Waals surface area contributed by atoms with Gasteiger partial charge in [0, 0.05) is 8.41 Å². The molecular formula is C9H28B. The zero-order chi connectivity index (χ0) is 2.83. The minimum atomic E-state index is 0. The zero-order valence-corrected chi connectivity index (χ0v) is 3.41. The van der Waals surface area contributed by atoms with Crippen LogP contribution in [-0.2, 0) is 0 Å². The summed E-state index contributed by atoms with van der Waals surface area (Å²) < 4.78 is 0. The summed E-state index contributed by atoms with van der Waals surface area (Å²) >= 11 is 0. The molecule has 0 bridgehead atoms. The van der Waals surface area contributed by atoms with Crippen molar-refractivity contribution in [3.8, 4) is 0 Å². The minimum absolute atomic E-state index is 0. The molecule has 3 radical (unpaired) electrons. The fourth-order valence-electron chi connectivity index (χ4n) is 0.250. The van der Waals surface area contributed by atoms with E-state index in [-0.39, 0.29) is 45.5 Å². The molecule has 1 heteroatoms. The Morgan fingerprint density at radius 1 is 0.400 bits per heavy atom. The molecule has 1 rings (SSSR count). The highest BCUT2D eigenvalue weighted by Gasteiger charge is 1.95. The third kappa shape index (κ3) is 24.4. The van der Waals surface area contributed by atoms with Crippen LogP contribution in [0.25, 0.3) is 0 Å². The van der Waals surface area contributed by atoms with Crippen molar-refractivity contribution in [2.75, 3.05) is 0 Å². The first-order valence-corrected chi connectivity index (χ1v) is 2.00. The van der Waals surface area contributed by atoms with Crippen LogP contribution >= 0.6 is 0 Å². The lowest BCUT2D eigenvalue weighted by molar-refractivity contribution is 0.504. The van der Waals surface area contributed by atoms with E-state index >= 15 is 0 Å². The van der Waals surface area contributed by atoms with Gasteiger partial charge in [-0.1, -0.05) is 62.8 Å². The van der Waals surface area contributed by atoms with Gasteiger partial charge in [0.2, 0.25) is 0 Å². The highest BCUT2D eigenvalue weighted by molar-refractivity contribution is 5.75. The van der Waals surface area contributed by atoms with E-state index < -0.39 is 0 Å². The summed E-state index contributed by atoms with van der Waals surface area (Å²) in [7, 11) is 0. The molecule has 1 aliphatic carbocycles. The quantitative estimate of drug-likeness (QED) is 0.446. The van der Waals surface area contributed by atoms with Crippen molar-refractivity contribution in [2.45, 2.75) is 62.8 Å². The van der Waals surface area contributed by atoms with Gasteiger partial charge < -0.3 is 0 Å². The maximum Gasteiger partial charge on any atom is 0 e. The van der Waals surface area contributed by atoms with Gasteiger partial charge in [0.15, 0.2) is 0 Å². The summed E-state index contributed by atoms with van der Waals surface area (Å²) in [6.45, 7) is 0. The van der Waals surface area contributed by atoms with E-state index in [2.05, 4.69) is 0 Å². The van der Waals surface area contributed by atoms with Crippen LogP contribution in [0.2, 0.25) is 0 Å². The van der Waals surface area contributed by atoms with Crippen LogP contribution in [0.3, 0.4) is 0 Å². The second-order valence-corrected chi connectivity index (χ2v) is 1.41. The molecule has 0 saturated heterocycles. The Bertz CT molecular complexity index is 12.7. The summed E-state index contributed by atoms with van der Waals surface area (Å²) in [5.41, 5.74) is 0. The molecule has 0 aromatic carbocycles. The maximum atomic E-state index is 1.50. The van der Waals surface area contributed by atoms with Crippen molar-refractivity contribution in [3.63, 3.8) is 0 Å². The third-order valence-electron chi connectivity index (χ3n) is 1.000. The van der Waals surface area contributed by atoms with E-state index in [1.54, 1.807) is 0 Å². The van der Waals surface area contributed by atoms with Crippen LogP contribution in [0.5, 0.6) is 0 Å². The molecule has 0 heterocycles. The van der Waals surface area contributed by atoms with E-state index in [4.69, 9.17) is 0 Å². The topological polar surface area (TPSA) is 0 Å². The Labute approximate surface area is 72.0 Å². The van der Waals surface area contributed by atoms with Gasteiger partial charge in [-0.15, -0.1) is 0 Å². The second-order valence-electron chi connectivity index (χ2n) is 1.41. The van der Waals surface area contributed by atoms with Crippen molar-refractivity contribution in [3.05, 3.63) is 0 Å². The van der Waals surface area contributed by atoms with Gasteiger partial charge in [-0.3, -0.25) is 0 Å². The molecule has 0 amide bonds. The maximum absolute atomic E-state index is 1.50. The van der Waals surface area contributed by atoms with E-state index in [1.807, 2.05) is 0 Å². The van der Waals surface area contributed by atoms with Crippen LogP contribution in [0.15, 0.2) is 0 Å². The molecule has 0 aromatic rings. The fourth-order valence-corrected chi connectivity index (χ4v) is 0.250. The standard InChI is InChI=1S/C4H8.5CH4.B/c1-2-4-3-1;;;;;;/h1-4H2;5*1H4;. The Morgan fingerprint density at radius 3 is 0.500 bits per heavy atom. The Hall–Kier alpha value is 0.0649. The first-order chi connectivity index (χ1) is 2.00. The Morgan fingerprint density at radius 2 is 0.500 bits per heavy atom. The number of hydrogen-bond donors (Lipinski definition) is 0. The normalized spacial score (nSPS) is 9.60. The smallest absolute Gasteiger partial charge is 0 e. The summed E-state index contributed by atoms with van der Waals surface area (Å²) in [5, 5.41) is 0. The van der Waals surface area contributed by atoms with Crippen molar-refractivity contribution in [2.24, 2.45) is 0 Å². The van der Waals surface area contributed by atoms with Crippen LogP contribution < -0.4 is 0 Å². The van der Waals surface area contributed by atoms with Gasteiger partial charge in [-0.25, -0.2) is 0 Å². The molecule has 0 atom stereocenters. The van der Waals surface area contributed by atoms with Crippen LogP contribution in [-0.4, -0.2) is 8.41 Å². The monoisotopic (exact) mass is 147 g/mol. The van der Waals surface area contributed by atoms with Gasteiger partial charge in [-0.05, 0) is 0 Å². The van der Waals surface area contributed by atoms with Crippen molar-refractivity contribution in [1.29, 1.82) is 0 Å². The third-order valence-corrected chi connectivity index (χ3v) is 1.000. The largest absolute Gasteiger partial charge is 0.0776 e. The molecule has 1 aliphatic rings. The Kier molecular flexibility index (Phi) is 179. The van der Waals surface area contributed by atoms with Crippen LogP contribution in [0, 0.1) is 0 Å². The lowest BCUT2D eigenvalue weighted by atomic mass is 10.0. The Balaban J connectivity index is -0.00000000667. The van der Waals surface area contributed by atoms with Crippen molar-refractivity contribution in [1.82, 2.24) is 0 Å². The summed E-state index contributed by atoms with van der Waals surface area (Å²) in [6.07, 6.45) is 6.00. The van der Waals surface area contributed by atoms with Gasteiger partial charge in [0.05, 0.1) is 0 Å². The molecule has 0 spiro atoms. The molecule has 0 aromatic heterocycles. The summed E-state index contributed by atoms with van der Waals surface area (Å²) in [5.74, 6) is 0. The van der Waals surface area contributed by atoms with E-state index in [1.165, 1.54) is 25.7 Å². The fraction of sp³-hybridized carbons (Fsp3) is 1.00. The number of rotatable bonds is 0. The van der Waals surface area contributed by atoms with Gasteiger partial charge in [0.25, 0.3) is 0 Å². The second kappa shape index (κ2) is 35.7. The van der Waals surface area contributed by atoms with Crippen LogP contribution in [0.1, 0.15) is 62.8 Å². The van der Waals surface area contributed by atoms with Gasteiger partial charge in [0.1, 0.15) is 0 Å². The average molecular weight is 147 g/mol. The summed E-state index contributed by atoms with van der Waals surface area (Å²) in [4.78, 5) is 0. The molecule has 1 saturated carbocycles. The van der Waals surface area contributed by atoms with E-state index in [0.29, 0.717) is 0 Å². The average Bonchev–Trinajstić information content (AvgIpc) is 0.722. The molecule has 10 heavy (non-hydrogen) atoms. The van der Waals surface area contributed by atoms with Gasteiger partial charge >= 0.3 is 0 Å². The first-order valence-electron chi connectivity index (χ1n) is 2.00. The highest BCUT2D eigenvalue weighted by atomic mass is 14.0. The van der Waals surface area contributed by atoms with E-state index in [9.17, 15) is 0 Å². The van der Waals surface area contributed by atoms with Crippen molar-refractivity contribution < 1.29 is 0 Å². The van der Waals surface area contributed by atoms with Crippen molar-refractivity contribution >= 4 is 8.41 Å². The van der Waals surface area contributed by atoms with Gasteiger partial charge in [-0.2, -0.15) is 0 Å². The molecule has 0 N–H and O–H groups in total. The molecule has 1 fully saturated rings. The minimum Gasteiger partial charge on any atom is -0.0776 e.